The molecule has 1 N–H and O–H groups in total. The Balaban J connectivity index is 1.52. The summed E-state index contributed by atoms with van der Waals surface area (Å²) in [6, 6.07) is 6.62. The van der Waals surface area contributed by atoms with Gasteiger partial charge in [-0.1, -0.05) is 11.6 Å². The minimum Gasteiger partial charge on any atom is -0.450 e. The highest BCUT2D eigenvalue weighted by Crippen LogP contribution is 2.33. The predicted octanol–water partition coefficient (Wildman–Crippen LogP) is 1.19. The van der Waals surface area contributed by atoms with Crippen LogP contribution in [0.2, 0.25) is 5.02 Å². The Kier molecular flexibility index (Phi) is 6.30. The molecule has 11 nitrogen and oxygen atoms in total. The van der Waals surface area contributed by atoms with Gasteiger partial charge in [0.1, 0.15) is 5.82 Å². The second kappa shape index (κ2) is 9.02. The number of nitrogens with zero attached hydrogens (tertiary/aromatic N) is 4. The van der Waals surface area contributed by atoms with Crippen LogP contribution in [0.5, 0.6) is 0 Å². The lowest BCUT2D eigenvalue weighted by Gasteiger charge is -2.33. The van der Waals surface area contributed by atoms with Gasteiger partial charge in [-0.25, -0.2) is 17.9 Å². The molecule has 0 radical (unpaired) electrons. The standard InChI is InChI=1S/C20H22ClN5O6S/c1-2-32-20(29)25-9-7-24(8-10-25)19(28)18(27)22-17-15-11-33(30,31)12-16(15)23-26(17)14-5-3-13(21)4-6-14/h3-6H,2,7-12H2,1H3,(H,22,27). The molecule has 2 aromatic rings. The molecule has 0 aliphatic carbocycles. The predicted molar refractivity (Wildman–Crippen MR) is 119 cm³/mol. The third-order valence-electron chi connectivity index (χ3n) is 5.38. The molecular formula is C20H22ClN5O6S. The first-order valence-electron chi connectivity index (χ1n) is 10.3. The van der Waals surface area contributed by atoms with Crippen molar-refractivity contribution in [1.29, 1.82) is 0 Å². The summed E-state index contributed by atoms with van der Waals surface area (Å²) < 4.78 is 30.5. The zero-order valence-electron chi connectivity index (χ0n) is 17.8. The Bertz CT molecular complexity index is 1200. The normalized spacial score (nSPS) is 16.9. The Morgan fingerprint density at radius 2 is 1.70 bits per heavy atom. The minimum absolute atomic E-state index is 0.136. The number of amides is 3. The maximum atomic E-state index is 12.8. The van der Waals surface area contributed by atoms with Crippen molar-refractivity contribution in [3.63, 3.8) is 0 Å². The van der Waals surface area contributed by atoms with E-state index in [1.807, 2.05) is 0 Å². The zero-order valence-corrected chi connectivity index (χ0v) is 19.4. The largest absolute Gasteiger partial charge is 0.450 e. The summed E-state index contributed by atoms with van der Waals surface area (Å²) in [5, 5.41) is 7.42. The van der Waals surface area contributed by atoms with Gasteiger partial charge in [-0.2, -0.15) is 5.10 Å². The smallest absolute Gasteiger partial charge is 0.409 e. The van der Waals surface area contributed by atoms with Crippen LogP contribution >= 0.6 is 11.6 Å². The van der Waals surface area contributed by atoms with Crippen LogP contribution in [0.1, 0.15) is 18.2 Å². The second-order valence-electron chi connectivity index (χ2n) is 7.63. The van der Waals surface area contributed by atoms with E-state index in [1.54, 1.807) is 31.2 Å². The average Bonchev–Trinajstić information content (AvgIpc) is 3.26. The Labute approximate surface area is 195 Å². The molecule has 1 saturated heterocycles. The summed E-state index contributed by atoms with van der Waals surface area (Å²) in [5.41, 5.74) is 1.24. The minimum atomic E-state index is -3.38. The highest BCUT2D eigenvalue weighted by atomic mass is 35.5. The highest BCUT2D eigenvalue weighted by Gasteiger charge is 2.35. The molecule has 0 atom stereocenters. The van der Waals surface area contributed by atoms with Crippen LogP contribution in [-0.4, -0.2) is 78.7 Å². The molecule has 0 bridgehead atoms. The zero-order chi connectivity index (χ0) is 23.8. The molecule has 3 heterocycles. The first kappa shape index (κ1) is 23.1. The molecule has 33 heavy (non-hydrogen) atoms. The maximum Gasteiger partial charge on any atom is 0.409 e. The van der Waals surface area contributed by atoms with Crippen molar-refractivity contribution in [3.8, 4) is 5.69 Å². The first-order valence-corrected chi connectivity index (χ1v) is 12.5. The van der Waals surface area contributed by atoms with E-state index in [2.05, 4.69) is 10.4 Å². The number of hydrogen-bond acceptors (Lipinski definition) is 7. The van der Waals surface area contributed by atoms with E-state index < -0.39 is 27.7 Å². The Hall–Kier alpha value is -3.12. The van der Waals surface area contributed by atoms with Gasteiger partial charge < -0.3 is 19.9 Å². The molecule has 1 fully saturated rings. The Morgan fingerprint density at radius 1 is 1.06 bits per heavy atom. The second-order valence-corrected chi connectivity index (χ2v) is 10.1. The lowest BCUT2D eigenvalue weighted by Crippen LogP contribution is -2.53. The van der Waals surface area contributed by atoms with Crippen molar-refractivity contribution in [2.45, 2.75) is 18.4 Å². The molecule has 176 valence electrons. The van der Waals surface area contributed by atoms with Crippen molar-refractivity contribution >= 4 is 45.2 Å². The van der Waals surface area contributed by atoms with Gasteiger partial charge in [0.05, 0.1) is 29.5 Å². The SMILES string of the molecule is CCOC(=O)N1CCN(C(=O)C(=O)Nc2c3c(nn2-c2ccc(Cl)cc2)CS(=O)(=O)C3)CC1. The van der Waals surface area contributed by atoms with Crippen LogP contribution < -0.4 is 5.32 Å². The number of aromatic nitrogens is 2. The lowest BCUT2D eigenvalue weighted by molar-refractivity contribution is -0.144. The quantitative estimate of drug-likeness (QED) is 0.633. The Morgan fingerprint density at radius 3 is 2.33 bits per heavy atom. The summed E-state index contributed by atoms with van der Waals surface area (Å²) >= 11 is 5.95. The number of halogens is 1. The van der Waals surface area contributed by atoms with E-state index in [4.69, 9.17) is 16.3 Å². The van der Waals surface area contributed by atoms with Crippen LogP contribution in [0.3, 0.4) is 0 Å². The van der Waals surface area contributed by atoms with E-state index >= 15 is 0 Å². The molecule has 13 heteroatoms. The van der Waals surface area contributed by atoms with Gasteiger partial charge in [0.2, 0.25) is 0 Å². The third kappa shape index (κ3) is 4.81. The number of anilines is 1. The van der Waals surface area contributed by atoms with E-state index in [0.29, 0.717) is 22.0 Å². The molecule has 4 rings (SSSR count). The van der Waals surface area contributed by atoms with E-state index in [-0.39, 0.29) is 50.1 Å². The first-order chi connectivity index (χ1) is 15.7. The third-order valence-corrected chi connectivity index (χ3v) is 7.07. The van der Waals surface area contributed by atoms with Crippen LogP contribution in [0, 0.1) is 0 Å². The van der Waals surface area contributed by atoms with Gasteiger partial charge in [-0.05, 0) is 31.2 Å². The number of fused-ring (bicyclic) bond motifs is 1. The number of benzene rings is 1. The van der Waals surface area contributed by atoms with Crippen LogP contribution in [-0.2, 0) is 35.7 Å². The van der Waals surface area contributed by atoms with Crippen LogP contribution in [0.25, 0.3) is 5.69 Å². The number of rotatable bonds is 3. The van der Waals surface area contributed by atoms with Gasteiger partial charge >= 0.3 is 17.9 Å². The highest BCUT2D eigenvalue weighted by molar-refractivity contribution is 7.90. The van der Waals surface area contributed by atoms with Crippen molar-refractivity contribution in [3.05, 3.63) is 40.5 Å². The van der Waals surface area contributed by atoms with E-state index in [1.165, 1.54) is 14.5 Å². The number of hydrogen-bond donors (Lipinski definition) is 1. The summed E-state index contributed by atoms with van der Waals surface area (Å²) in [6.07, 6.45) is -0.460. The van der Waals surface area contributed by atoms with E-state index in [0.717, 1.165) is 0 Å². The monoisotopic (exact) mass is 495 g/mol. The van der Waals surface area contributed by atoms with Gasteiger partial charge in [0, 0.05) is 36.8 Å². The molecule has 2 aliphatic heterocycles. The number of carbonyl (C=O) groups is 3. The average molecular weight is 496 g/mol. The molecule has 0 unspecified atom stereocenters. The summed E-state index contributed by atoms with van der Waals surface area (Å²) in [4.78, 5) is 40.2. The summed E-state index contributed by atoms with van der Waals surface area (Å²) in [7, 11) is -3.38. The summed E-state index contributed by atoms with van der Waals surface area (Å²) in [5.74, 6) is -2.08. The molecular weight excluding hydrogens is 474 g/mol. The molecule has 2 aliphatic rings. The molecule has 1 aromatic heterocycles. The van der Waals surface area contributed by atoms with Crippen LogP contribution in [0.15, 0.2) is 24.3 Å². The van der Waals surface area contributed by atoms with Crippen molar-refractivity contribution < 1.29 is 27.5 Å². The number of piperazine rings is 1. The van der Waals surface area contributed by atoms with E-state index in [9.17, 15) is 22.8 Å². The fourth-order valence-corrected chi connectivity index (χ4v) is 5.37. The molecule has 0 spiro atoms. The number of sulfone groups is 1. The topological polar surface area (TPSA) is 131 Å². The number of ether oxygens (including phenoxy) is 1. The molecule has 0 saturated carbocycles. The van der Waals surface area contributed by atoms with Gasteiger partial charge in [0.25, 0.3) is 0 Å². The maximum absolute atomic E-state index is 12.8. The van der Waals surface area contributed by atoms with Gasteiger partial charge in [-0.15, -0.1) is 0 Å². The van der Waals surface area contributed by atoms with Crippen molar-refractivity contribution in [2.75, 3.05) is 38.1 Å². The lowest BCUT2D eigenvalue weighted by atomic mass is 10.2. The van der Waals surface area contributed by atoms with Gasteiger partial charge in [0.15, 0.2) is 9.84 Å². The molecule has 3 amide bonds. The van der Waals surface area contributed by atoms with Crippen molar-refractivity contribution in [2.24, 2.45) is 0 Å². The molecule has 1 aromatic carbocycles. The number of nitrogens with one attached hydrogen (secondary N) is 1. The fraction of sp³-hybridized carbons (Fsp3) is 0.400. The fourth-order valence-electron chi connectivity index (χ4n) is 3.75. The van der Waals surface area contributed by atoms with Crippen LogP contribution in [0.4, 0.5) is 10.6 Å². The van der Waals surface area contributed by atoms with Crippen molar-refractivity contribution in [1.82, 2.24) is 19.6 Å². The summed E-state index contributed by atoms with van der Waals surface area (Å²) in [6.45, 7) is 2.80. The number of carbonyl (C=O) groups excluding carboxylic acids is 3. The van der Waals surface area contributed by atoms with Gasteiger partial charge in [-0.3, -0.25) is 9.59 Å².